The Labute approximate surface area is 138 Å². The van der Waals surface area contributed by atoms with Crippen molar-refractivity contribution in [2.24, 2.45) is 5.41 Å². The number of aromatic nitrogens is 1. The second-order valence-corrected chi connectivity index (χ2v) is 8.13. The van der Waals surface area contributed by atoms with Crippen molar-refractivity contribution < 1.29 is 9.90 Å². The highest BCUT2D eigenvalue weighted by Gasteiger charge is 2.39. The van der Waals surface area contributed by atoms with Crippen LogP contribution in [0.3, 0.4) is 0 Å². The van der Waals surface area contributed by atoms with Crippen LogP contribution in [0.4, 0.5) is 0 Å². The van der Waals surface area contributed by atoms with Gasteiger partial charge in [0.15, 0.2) is 0 Å². The molecule has 1 fully saturated rings. The zero-order chi connectivity index (χ0) is 16.5. The highest BCUT2D eigenvalue weighted by atomic mass is 16.3. The van der Waals surface area contributed by atoms with Crippen molar-refractivity contribution in [3.8, 4) is 0 Å². The summed E-state index contributed by atoms with van der Waals surface area (Å²) in [5.41, 5.74) is 1.50. The van der Waals surface area contributed by atoms with E-state index in [1.165, 1.54) is 5.56 Å². The predicted molar refractivity (Wildman–Crippen MR) is 90.1 cm³/mol. The van der Waals surface area contributed by atoms with Crippen molar-refractivity contribution in [2.45, 2.75) is 70.3 Å². The van der Waals surface area contributed by atoms with Crippen molar-refractivity contribution in [3.63, 3.8) is 0 Å². The highest BCUT2D eigenvalue weighted by molar-refractivity contribution is 5.83. The van der Waals surface area contributed by atoms with Gasteiger partial charge in [0.25, 0.3) is 0 Å². The largest absolute Gasteiger partial charge is 0.388 e. The van der Waals surface area contributed by atoms with Crippen LogP contribution in [0.25, 0.3) is 0 Å². The topological polar surface area (TPSA) is 62.2 Å². The predicted octanol–water partition coefficient (Wildman–Crippen LogP) is 2.95. The number of rotatable bonds is 3. The average molecular weight is 316 g/mol. The zero-order valence-electron chi connectivity index (χ0n) is 14.3. The van der Waals surface area contributed by atoms with Gasteiger partial charge < -0.3 is 10.4 Å². The van der Waals surface area contributed by atoms with Gasteiger partial charge in [-0.05, 0) is 62.0 Å². The highest BCUT2D eigenvalue weighted by Crippen LogP contribution is 2.40. The Kier molecular flexibility index (Phi) is 4.45. The van der Waals surface area contributed by atoms with Crippen LogP contribution in [0, 0.1) is 5.41 Å². The molecule has 2 aliphatic carbocycles. The third-order valence-corrected chi connectivity index (χ3v) is 5.41. The molecule has 0 aliphatic heterocycles. The van der Waals surface area contributed by atoms with E-state index < -0.39 is 5.60 Å². The fraction of sp³-hybridized carbons (Fsp3) is 0.684. The lowest BCUT2D eigenvalue weighted by atomic mass is 9.70. The standard InChI is InChI=1S/C19H28N2O2/c1-18(2)9-5-10-19(23,12-18)13-21-17(22)15-8-3-6-14-7-4-11-20-16(14)15/h4,7,11,15,23H,3,5-6,8-10,12-13H2,1-2H3,(H,21,22)/t15-,19+/m0/s1. The van der Waals surface area contributed by atoms with Gasteiger partial charge in [0.1, 0.15) is 0 Å². The van der Waals surface area contributed by atoms with Crippen molar-refractivity contribution in [2.75, 3.05) is 6.54 Å². The normalized spacial score (nSPS) is 29.6. The molecule has 1 heterocycles. The minimum Gasteiger partial charge on any atom is -0.388 e. The first-order chi connectivity index (χ1) is 10.9. The number of hydrogen-bond acceptors (Lipinski definition) is 3. The fourth-order valence-corrected chi connectivity index (χ4v) is 4.35. The minimum absolute atomic E-state index is 0.0152. The van der Waals surface area contributed by atoms with E-state index in [0.29, 0.717) is 6.54 Å². The summed E-state index contributed by atoms with van der Waals surface area (Å²) in [4.78, 5) is 17.1. The molecule has 3 rings (SSSR count). The van der Waals surface area contributed by atoms with Crippen LogP contribution < -0.4 is 5.32 Å². The molecule has 1 saturated carbocycles. The number of aryl methyl sites for hydroxylation is 1. The number of pyridine rings is 1. The molecule has 0 bridgehead atoms. The van der Waals surface area contributed by atoms with Gasteiger partial charge in [-0.2, -0.15) is 0 Å². The zero-order valence-corrected chi connectivity index (χ0v) is 14.3. The third kappa shape index (κ3) is 3.74. The van der Waals surface area contributed by atoms with E-state index in [4.69, 9.17) is 0 Å². The summed E-state index contributed by atoms with van der Waals surface area (Å²) in [6.45, 7) is 4.74. The number of fused-ring (bicyclic) bond motifs is 1. The van der Waals surface area contributed by atoms with Gasteiger partial charge >= 0.3 is 0 Å². The van der Waals surface area contributed by atoms with Crippen LogP contribution in [-0.4, -0.2) is 28.1 Å². The number of hydrogen-bond donors (Lipinski definition) is 2. The quantitative estimate of drug-likeness (QED) is 0.901. The first-order valence-corrected chi connectivity index (χ1v) is 8.83. The first kappa shape index (κ1) is 16.4. The molecule has 126 valence electrons. The van der Waals surface area contributed by atoms with Crippen molar-refractivity contribution in [1.82, 2.24) is 10.3 Å². The van der Waals surface area contributed by atoms with Crippen molar-refractivity contribution in [3.05, 3.63) is 29.6 Å². The van der Waals surface area contributed by atoms with Crippen LogP contribution in [0.2, 0.25) is 0 Å². The summed E-state index contributed by atoms with van der Waals surface area (Å²) in [5.74, 6) is -0.151. The maximum atomic E-state index is 12.6. The summed E-state index contributed by atoms with van der Waals surface area (Å²) < 4.78 is 0. The lowest BCUT2D eigenvalue weighted by Crippen LogP contribution is -2.49. The lowest BCUT2D eigenvalue weighted by Gasteiger charge is -2.41. The van der Waals surface area contributed by atoms with Crippen LogP contribution >= 0.6 is 0 Å². The Bertz CT molecular complexity index is 584. The third-order valence-electron chi connectivity index (χ3n) is 5.41. The second-order valence-electron chi connectivity index (χ2n) is 8.13. The van der Waals surface area contributed by atoms with E-state index >= 15 is 0 Å². The number of nitrogens with one attached hydrogen (secondary N) is 1. The Balaban J connectivity index is 1.64. The van der Waals surface area contributed by atoms with E-state index in [1.54, 1.807) is 6.20 Å². The molecule has 4 nitrogen and oxygen atoms in total. The summed E-state index contributed by atoms with van der Waals surface area (Å²) in [6.07, 6.45) is 8.33. The number of carbonyl (C=O) groups is 1. The molecule has 0 unspecified atom stereocenters. The van der Waals surface area contributed by atoms with Crippen molar-refractivity contribution >= 4 is 5.91 Å². The maximum absolute atomic E-state index is 12.6. The fourth-order valence-electron chi connectivity index (χ4n) is 4.35. The van der Waals surface area contributed by atoms with Crippen LogP contribution in [-0.2, 0) is 11.2 Å². The SMILES string of the molecule is CC1(C)CCC[C@](O)(CNC(=O)[C@H]2CCCc3cccnc32)C1. The molecule has 2 atom stereocenters. The Morgan fingerprint density at radius 2 is 2.22 bits per heavy atom. The van der Waals surface area contributed by atoms with Crippen LogP contribution in [0.5, 0.6) is 0 Å². The Morgan fingerprint density at radius 3 is 3.00 bits per heavy atom. The molecule has 2 N–H and O–H groups in total. The average Bonchev–Trinajstić information content (AvgIpc) is 2.51. The molecule has 1 aromatic rings. The molecule has 4 heteroatoms. The minimum atomic E-state index is -0.765. The van der Waals surface area contributed by atoms with Gasteiger partial charge in [0.2, 0.25) is 5.91 Å². The molecule has 0 radical (unpaired) electrons. The van der Waals surface area contributed by atoms with Gasteiger partial charge in [-0.15, -0.1) is 0 Å². The molecule has 1 aromatic heterocycles. The molecule has 0 saturated heterocycles. The number of aliphatic hydroxyl groups is 1. The molecular formula is C19H28N2O2. The number of amides is 1. The van der Waals surface area contributed by atoms with Gasteiger partial charge in [0.05, 0.1) is 17.2 Å². The van der Waals surface area contributed by atoms with Crippen LogP contribution in [0.1, 0.15) is 69.5 Å². The van der Waals surface area contributed by atoms with E-state index in [1.807, 2.05) is 6.07 Å². The van der Waals surface area contributed by atoms with E-state index in [9.17, 15) is 9.90 Å². The number of carbonyl (C=O) groups excluding carboxylic acids is 1. The summed E-state index contributed by atoms with van der Waals surface area (Å²) in [6, 6.07) is 4.00. The summed E-state index contributed by atoms with van der Waals surface area (Å²) in [5, 5.41) is 13.8. The van der Waals surface area contributed by atoms with E-state index in [-0.39, 0.29) is 17.2 Å². The Hall–Kier alpha value is -1.42. The van der Waals surface area contributed by atoms with E-state index in [0.717, 1.165) is 50.6 Å². The monoisotopic (exact) mass is 316 g/mol. The smallest absolute Gasteiger partial charge is 0.229 e. The Morgan fingerprint density at radius 1 is 1.39 bits per heavy atom. The molecule has 23 heavy (non-hydrogen) atoms. The number of nitrogens with zero attached hydrogens (tertiary/aromatic N) is 1. The molecular weight excluding hydrogens is 288 g/mol. The summed E-state index contributed by atoms with van der Waals surface area (Å²) in [7, 11) is 0. The van der Waals surface area contributed by atoms with Gasteiger partial charge in [-0.1, -0.05) is 19.9 Å². The summed E-state index contributed by atoms with van der Waals surface area (Å²) >= 11 is 0. The van der Waals surface area contributed by atoms with E-state index in [2.05, 4.69) is 30.2 Å². The molecule has 0 spiro atoms. The maximum Gasteiger partial charge on any atom is 0.229 e. The first-order valence-electron chi connectivity index (χ1n) is 8.83. The van der Waals surface area contributed by atoms with Gasteiger partial charge in [-0.3, -0.25) is 9.78 Å². The van der Waals surface area contributed by atoms with Gasteiger partial charge in [0, 0.05) is 12.7 Å². The van der Waals surface area contributed by atoms with Crippen molar-refractivity contribution in [1.29, 1.82) is 0 Å². The second kappa shape index (κ2) is 6.23. The molecule has 2 aliphatic rings. The molecule has 1 amide bonds. The van der Waals surface area contributed by atoms with Crippen LogP contribution in [0.15, 0.2) is 18.3 Å². The van der Waals surface area contributed by atoms with Gasteiger partial charge in [-0.25, -0.2) is 0 Å². The lowest BCUT2D eigenvalue weighted by molar-refractivity contribution is -0.125. The molecule has 0 aromatic carbocycles.